The number of aromatic nitrogens is 3. The summed E-state index contributed by atoms with van der Waals surface area (Å²) in [5.74, 6) is 2.29. The van der Waals surface area contributed by atoms with Gasteiger partial charge < -0.3 is 19.9 Å². The van der Waals surface area contributed by atoms with E-state index in [9.17, 15) is 5.11 Å². The quantitative estimate of drug-likeness (QED) is 0.558. The lowest BCUT2D eigenvalue weighted by Crippen LogP contribution is -2.04. The number of nitrogens with zero attached hydrogens (tertiary/aromatic N) is 3. The number of hydrogen-bond acceptors (Lipinski definition) is 6. The van der Waals surface area contributed by atoms with Crippen molar-refractivity contribution in [3.8, 4) is 22.8 Å². The fourth-order valence-electron chi connectivity index (χ4n) is 3.19. The summed E-state index contributed by atoms with van der Waals surface area (Å²) in [7, 11) is 0. The first kappa shape index (κ1) is 16.6. The van der Waals surface area contributed by atoms with Crippen LogP contribution < -0.4 is 14.8 Å². The maximum absolute atomic E-state index is 9.22. The highest BCUT2D eigenvalue weighted by Gasteiger charge is 2.13. The van der Waals surface area contributed by atoms with Crippen LogP contribution in [0.2, 0.25) is 0 Å². The van der Waals surface area contributed by atoms with Gasteiger partial charge in [0.05, 0.1) is 18.5 Å². The van der Waals surface area contributed by atoms with Gasteiger partial charge in [0.2, 0.25) is 6.79 Å². The Bertz CT molecular complexity index is 1140. The molecule has 1 aliphatic heterocycles. The third kappa shape index (κ3) is 3.01. The standard InChI is InChI=1S/C21H18N4O3/c26-12-14-1-4-16(5-2-14)17-11-23-21-8-7-20(24-25(17)21)22-10-15-3-6-18-19(9-15)28-13-27-18/h1-9,11,26H,10,12-13H2,(H,22,24). The van der Waals surface area contributed by atoms with Gasteiger partial charge in [-0.25, -0.2) is 9.50 Å². The molecule has 0 unspecified atom stereocenters. The number of fused-ring (bicyclic) bond motifs is 2. The van der Waals surface area contributed by atoms with Crippen molar-refractivity contribution in [1.29, 1.82) is 0 Å². The van der Waals surface area contributed by atoms with Gasteiger partial charge in [-0.05, 0) is 35.4 Å². The van der Waals surface area contributed by atoms with Crippen LogP contribution >= 0.6 is 0 Å². The summed E-state index contributed by atoms with van der Waals surface area (Å²) in [5, 5.41) is 17.2. The molecular formula is C21H18N4O3. The molecule has 0 radical (unpaired) electrons. The molecule has 1 aliphatic rings. The molecule has 2 N–H and O–H groups in total. The molecule has 0 fully saturated rings. The maximum atomic E-state index is 9.22. The van der Waals surface area contributed by atoms with Crippen molar-refractivity contribution >= 4 is 11.5 Å². The predicted molar refractivity (Wildman–Crippen MR) is 104 cm³/mol. The summed E-state index contributed by atoms with van der Waals surface area (Å²) in [6.07, 6.45) is 1.80. The first-order valence-corrected chi connectivity index (χ1v) is 8.97. The lowest BCUT2D eigenvalue weighted by Gasteiger charge is -2.08. The summed E-state index contributed by atoms with van der Waals surface area (Å²) in [5.41, 5.74) is 4.61. The first-order valence-electron chi connectivity index (χ1n) is 8.97. The Balaban J connectivity index is 1.39. The molecule has 140 valence electrons. The fourth-order valence-corrected chi connectivity index (χ4v) is 3.19. The van der Waals surface area contributed by atoms with Gasteiger partial charge in [-0.2, -0.15) is 0 Å². The number of benzene rings is 2. The summed E-state index contributed by atoms with van der Waals surface area (Å²) in [4.78, 5) is 4.43. The number of aliphatic hydroxyl groups excluding tert-OH is 1. The van der Waals surface area contributed by atoms with Crippen molar-refractivity contribution < 1.29 is 14.6 Å². The Hall–Kier alpha value is -3.58. The van der Waals surface area contributed by atoms with E-state index in [1.54, 1.807) is 6.20 Å². The molecule has 2 aromatic carbocycles. The van der Waals surface area contributed by atoms with E-state index in [1.807, 2.05) is 59.1 Å². The molecule has 7 nitrogen and oxygen atoms in total. The van der Waals surface area contributed by atoms with Crippen LogP contribution in [0.5, 0.6) is 11.5 Å². The van der Waals surface area contributed by atoms with E-state index in [0.29, 0.717) is 6.54 Å². The van der Waals surface area contributed by atoms with Crippen molar-refractivity contribution in [2.45, 2.75) is 13.2 Å². The van der Waals surface area contributed by atoms with Gasteiger partial charge in [-0.1, -0.05) is 30.3 Å². The molecule has 3 heterocycles. The lowest BCUT2D eigenvalue weighted by molar-refractivity contribution is 0.174. The minimum absolute atomic E-state index is 0.0274. The van der Waals surface area contributed by atoms with Crippen LogP contribution in [0.1, 0.15) is 11.1 Å². The number of rotatable bonds is 5. The number of nitrogens with one attached hydrogen (secondary N) is 1. The van der Waals surface area contributed by atoms with E-state index < -0.39 is 0 Å². The molecule has 0 aliphatic carbocycles. The Morgan fingerprint density at radius 1 is 0.964 bits per heavy atom. The van der Waals surface area contributed by atoms with Crippen molar-refractivity contribution in [2.24, 2.45) is 0 Å². The van der Waals surface area contributed by atoms with Gasteiger partial charge in [0, 0.05) is 12.1 Å². The molecule has 2 aromatic heterocycles. The van der Waals surface area contributed by atoms with Gasteiger partial charge in [-0.15, -0.1) is 5.10 Å². The van der Waals surface area contributed by atoms with Gasteiger partial charge in [0.1, 0.15) is 5.82 Å². The second kappa shape index (κ2) is 6.86. The summed E-state index contributed by atoms with van der Waals surface area (Å²) in [6.45, 7) is 0.914. The zero-order valence-electron chi connectivity index (χ0n) is 15.0. The van der Waals surface area contributed by atoms with Crippen molar-refractivity contribution in [3.63, 3.8) is 0 Å². The van der Waals surface area contributed by atoms with E-state index >= 15 is 0 Å². The molecule has 28 heavy (non-hydrogen) atoms. The average molecular weight is 374 g/mol. The van der Waals surface area contributed by atoms with Crippen molar-refractivity contribution in [2.75, 3.05) is 12.1 Å². The topological polar surface area (TPSA) is 80.9 Å². The highest BCUT2D eigenvalue weighted by atomic mass is 16.7. The molecule has 0 saturated carbocycles. The molecular weight excluding hydrogens is 356 g/mol. The number of imidazole rings is 1. The van der Waals surface area contributed by atoms with Crippen LogP contribution in [0.4, 0.5) is 5.82 Å². The van der Waals surface area contributed by atoms with Crippen molar-refractivity contribution in [3.05, 3.63) is 71.9 Å². The van der Waals surface area contributed by atoms with E-state index in [-0.39, 0.29) is 13.4 Å². The Morgan fingerprint density at radius 2 is 1.79 bits per heavy atom. The Kier molecular flexibility index (Phi) is 4.06. The third-order valence-corrected chi connectivity index (χ3v) is 4.71. The van der Waals surface area contributed by atoms with Crippen LogP contribution in [0.15, 0.2) is 60.8 Å². The number of ether oxygens (including phenoxy) is 2. The summed E-state index contributed by atoms with van der Waals surface area (Å²) < 4.78 is 12.6. The number of anilines is 1. The number of hydrogen-bond donors (Lipinski definition) is 2. The smallest absolute Gasteiger partial charge is 0.231 e. The average Bonchev–Trinajstić information content (AvgIpc) is 3.38. The normalized spacial score (nSPS) is 12.5. The monoisotopic (exact) mass is 374 g/mol. The molecule has 0 spiro atoms. The minimum Gasteiger partial charge on any atom is -0.454 e. The second-order valence-corrected chi connectivity index (χ2v) is 6.53. The van der Waals surface area contributed by atoms with Gasteiger partial charge in [0.25, 0.3) is 0 Å². The lowest BCUT2D eigenvalue weighted by atomic mass is 10.1. The predicted octanol–water partition coefficient (Wildman–Crippen LogP) is 3.23. The Morgan fingerprint density at radius 3 is 2.64 bits per heavy atom. The maximum Gasteiger partial charge on any atom is 0.231 e. The molecule has 0 bridgehead atoms. The van der Waals surface area contributed by atoms with E-state index in [1.165, 1.54) is 0 Å². The van der Waals surface area contributed by atoms with Crippen LogP contribution in [0, 0.1) is 0 Å². The zero-order valence-corrected chi connectivity index (χ0v) is 15.0. The molecule has 0 atom stereocenters. The molecule has 5 rings (SSSR count). The van der Waals surface area contributed by atoms with E-state index in [2.05, 4.69) is 15.4 Å². The Labute approximate surface area is 161 Å². The highest BCUT2D eigenvalue weighted by Crippen LogP contribution is 2.32. The second-order valence-electron chi connectivity index (χ2n) is 6.53. The molecule has 7 heteroatoms. The van der Waals surface area contributed by atoms with Gasteiger partial charge in [0.15, 0.2) is 17.1 Å². The van der Waals surface area contributed by atoms with E-state index in [4.69, 9.17) is 9.47 Å². The van der Waals surface area contributed by atoms with Gasteiger partial charge in [-0.3, -0.25) is 0 Å². The van der Waals surface area contributed by atoms with Crippen LogP contribution in [-0.2, 0) is 13.2 Å². The summed E-state index contributed by atoms with van der Waals surface area (Å²) >= 11 is 0. The first-order chi connectivity index (χ1) is 13.8. The SMILES string of the molecule is OCc1ccc(-c2cnc3ccc(NCc4ccc5c(c4)OCO5)nn23)cc1. The molecule has 4 aromatic rings. The van der Waals surface area contributed by atoms with Crippen LogP contribution in [0.25, 0.3) is 16.9 Å². The molecule has 0 amide bonds. The van der Waals surface area contributed by atoms with Crippen LogP contribution in [0.3, 0.4) is 0 Å². The third-order valence-electron chi connectivity index (χ3n) is 4.71. The van der Waals surface area contributed by atoms with Crippen molar-refractivity contribution in [1.82, 2.24) is 14.6 Å². The summed E-state index contributed by atoms with van der Waals surface area (Å²) in [6, 6.07) is 17.5. The molecule has 0 saturated heterocycles. The largest absolute Gasteiger partial charge is 0.454 e. The number of aliphatic hydroxyl groups is 1. The minimum atomic E-state index is 0.0274. The highest BCUT2D eigenvalue weighted by molar-refractivity contribution is 5.64. The zero-order chi connectivity index (χ0) is 18.9. The van der Waals surface area contributed by atoms with Crippen LogP contribution in [-0.4, -0.2) is 26.5 Å². The fraction of sp³-hybridized carbons (Fsp3) is 0.143. The van der Waals surface area contributed by atoms with Gasteiger partial charge >= 0.3 is 0 Å². The van der Waals surface area contributed by atoms with E-state index in [0.717, 1.165) is 45.3 Å².